The summed E-state index contributed by atoms with van der Waals surface area (Å²) in [6.45, 7) is 4.57. The van der Waals surface area contributed by atoms with E-state index in [1.807, 2.05) is 23.5 Å². The quantitative estimate of drug-likeness (QED) is 0.899. The standard InChI is InChI=1S/C12H18N4S2/c1-6-7(2)18-9(5-17-6)11-14-10(8-3-4-8)15-12(13)16-11/h6-9H,3-5H2,1-2H3,(H2,13,14,15,16). The van der Waals surface area contributed by atoms with Gasteiger partial charge in [0.05, 0.1) is 5.25 Å². The smallest absolute Gasteiger partial charge is 0.223 e. The molecule has 1 aliphatic heterocycles. The Labute approximate surface area is 116 Å². The number of nitrogens with two attached hydrogens (primary N) is 1. The van der Waals surface area contributed by atoms with Gasteiger partial charge < -0.3 is 5.73 Å². The van der Waals surface area contributed by atoms with E-state index in [9.17, 15) is 0 Å². The number of nitrogen functional groups attached to an aromatic ring is 1. The van der Waals surface area contributed by atoms with Gasteiger partial charge in [0.2, 0.25) is 5.95 Å². The lowest BCUT2D eigenvalue weighted by atomic mass is 10.3. The van der Waals surface area contributed by atoms with E-state index in [4.69, 9.17) is 5.73 Å². The molecule has 1 aromatic rings. The molecule has 2 heterocycles. The van der Waals surface area contributed by atoms with Gasteiger partial charge in [-0.25, -0.2) is 4.98 Å². The maximum Gasteiger partial charge on any atom is 0.223 e. The molecule has 0 spiro atoms. The zero-order valence-electron chi connectivity index (χ0n) is 10.7. The lowest BCUT2D eigenvalue weighted by Crippen LogP contribution is -2.23. The number of hydrogen-bond donors (Lipinski definition) is 1. The van der Waals surface area contributed by atoms with Crippen LogP contribution in [0.15, 0.2) is 0 Å². The van der Waals surface area contributed by atoms with Crippen LogP contribution in [-0.2, 0) is 0 Å². The van der Waals surface area contributed by atoms with Gasteiger partial charge in [-0.3, -0.25) is 0 Å². The Morgan fingerprint density at radius 1 is 1.06 bits per heavy atom. The summed E-state index contributed by atoms with van der Waals surface area (Å²) in [6.07, 6.45) is 2.39. The molecule has 6 heteroatoms. The molecule has 4 nitrogen and oxygen atoms in total. The summed E-state index contributed by atoms with van der Waals surface area (Å²) in [5.74, 6) is 3.80. The van der Waals surface area contributed by atoms with Crippen molar-refractivity contribution in [2.45, 2.75) is 48.4 Å². The lowest BCUT2D eigenvalue weighted by molar-refractivity contribution is 0.806. The summed E-state index contributed by atoms with van der Waals surface area (Å²) in [5.41, 5.74) is 5.82. The van der Waals surface area contributed by atoms with Crippen LogP contribution < -0.4 is 5.73 Å². The lowest BCUT2D eigenvalue weighted by Gasteiger charge is -2.30. The van der Waals surface area contributed by atoms with Crippen molar-refractivity contribution in [3.05, 3.63) is 11.6 Å². The van der Waals surface area contributed by atoms with Crippen LogP contribution in [0.4, 0.5) is 5.95 Å². The van der Waals surface area contributed by atoms with Crippen LogP contribution in [0.5, 0.6) is 0 Å². The molecule has 18 heavy (non-hydrogen) atoms. The van der Waals surface area contributed by atoms with Crippen molar-refractivity contribution in [2.75, 3.05) is 11.5 Å². The minimum absolute atomic E-state index is 0.365. The molecule has 0 aromatic carbocycles. The maximum absolute atomic E-state index is 5.82. The summed E-state index contributed by atoms with van der Waals surface area (Å²) in [4.78, 5) is 13.3. The highest BCUT2D eigenvalue weighted by molar-refractivity contribution is 8.07. The number of thioether (sulfide) groups is 2. The third kappa shape index (κ3) is 2.59. The zero-order chi connectivity index (χ0) is 12.7. The first-order valence-corrected chi connectivity index (χ1v) is 8.41. The van der Waals surface area contributed by atoms with Crippen LogP contribution in [0.2, 0.25) is 0 Å². The van der Waals surface area contributed by atoms with Crippen LogP contribution in [0, 0.1) is 0 Å². The molecule has 1 saturated heterocycles. The first-order chi connectivity index (χ1) is 8.63. The van der Waals surface area contributed by atoms with Gasteiger partial charge >= 0.3 is 0 Å². The molecule has 1 aromatic heterocycles. The summed E-state index contributed by atoms with van der Waals surface area (Å²) in [6, 6.07) is 0. The van der Waals surface area contributed by atoms with Gasteiger partial charge in [-0.2, -0.15) is 21.7 Å². The Balaban J connectivity index is 1.82. The van der Waals surface area contributed by atoms with Gasteiger partial charge in [0, 0.05) is 22.2 Å². The van der Waals surface area contributed by atoms with Crippen LogP contribution in [0.25, 0.3) is 0 Å². The van der Waals surface area contributed by atoms with Crippen molar-refractivity contribution < 1.29 is 0 Å². The highest BCUT2D eigenvalue weighted by atomic mass is 32.2. The summed E-state index contributed by atoms with van der Waals surface area (Å²) < 4.78 is 0. The third-order valence-electron chi connectivity index (χ3n) is 3.47. The Kier molecular flexibility index (Phi) is 3.40. The van der Waals surface area contributed by atoms with Crippen LogP contribution >= 0.6 is 23.5 Å². The van der Waals surface area contributed by atoms with E-state index in [0.29, 0.717) is 27.6 Å². The van der Waals surface area contributed by atoms with E-state index in [1.54, 1.807) is 0 Å². The van der Waals surface area contributed by atoms with Gasteiger partial charge in [-0.15, -0.1) is 11.8 Å². The fourth-order valence-corrected chi connectivity index (χ4v) is 4.86. The highest BCUT2D eigenvalue weighted by Gasteiger charge is 2.31. The highest BCUT2D eigenvalue weighted by Crippen LogP contribution is 2.44. The second-order valence-corrected chi connectivity index (χ2v) is 8.05. The third-order valence-corrected chi connectivity index (χ3v) is 6.85. The molecule has 98 valence electrons. The van der Waals surface area contributed by atoms with E-state index < -0.39 is 0 Å². The van der Waals surface area contributed by atoms with Crippen molar-refractivity contribution in [1.29, 1.82) is 0 Å². The number of nitrogens with zero attached hydrogens (tertiary/aromatic N) is 3. The van der Waals surface area contributed by atoms with Gasteiger partial charge in [0.15, 0.2) is 0 Å². The Morgan fingerprint density at radius 2 is 1.78 bits per heavy atom. The average Bonchev–Trinajstić information content (AvgIpc) is 3.16. The van der Waals surface area contributed by atoms with Crippen molar-refractivity contribution in [1.82, 2.24) is 15.0 Å². The number of aromatic nitrogens is 3. The Bertz CT molecular complexity index is 450. The van der Waals surface area contributed by atoms with Gasteiger partial charge in [-0.05, 0) is 12.8 Å². The minimum Gasteiger partial charge on any atom is -0.368 e. The summed E-state index contributed by atoms with van der Waals surface area (Å²) in [7, 11) is 0. The predicted molar refractivity (Wildman–Crippen MR) is 77.9 cm³/mol. The minimum atomic E-state index is 0.365. The second kappa shape index (κ2) is 4.89. The summed E-state index contributed by atoms with van der Waals surface area (Å²) in [5, 5.41) is 1.70. The van der Waals surface area contributed by atoms with Crippen molar-refractivity contribution >= 4 is 29.5 Å². The second-order valence-electron chi connectivity index (χ2n) is 5.05. The predicted octanol–water partition coefficient (Wildman–Crippen LogP) is 2.63. The zero-order valence-corrected chi connectivity index (χ0v) is 12.3. The molecule has 0 radical (unpaired) electrons. The fourth-order valence-electron chi connectivity index (χ4n) is 2.01. The molecule has 2 fully saturated rings. The van der Waals surface area contributed by atoms with Crippen LogP contribution in [-0.4, -0.2) is 31.2 Å². The van der Waals surface area contributed by atoms with Crippen molar-refractivity contribution in [3.8, 4) is 0 Å². The molecule has 2 N–H and O–H groups in total. The van der Waals surface area contributed by atoms with E-state index in [1.165, 1.54) is 12.8 Å². The van der Waals surface area contributed by atoms with E-state index in [0.717, 1.165) is 17.4 Å². The van der Waals surface area contributed by atoms with Gasteiger partial charge in [0.1, 0.15) is 11.6 Å². The largest absolute Gasteiger partial charge is 0.368 e. The molecule has 3 rings (SSSR count). The molecule has 3 atom stereocenters. The van der Waals surface area contributed by atoms with Gasteiger partial charge in [-0.1, -0.05) is 13.8 Å². The molecular weight excluding hydrogens is 264 g/mol. The normalized spacial score (nSPS) is 32.4. The van der Waals surface area contributed by atoms with E-state index in [2.05, 4.69) is 28.8 Å². The maximum atomic E-state index is 5.82. The van der Waals surface area contributed by atoms with E-state index in [-0.39, 0.29) is 0 Å². The van der Waals surface area contributed by atoms with Gasteiger partial charge in [0.25, 0.3) is 0 Å². The number of anilines is 1. The topological polar surface area (TPSA) is 64.7 Å². The molecule has 1 aliphatic carbocycles. The molecular formula is C12H18N4S2. The molecule has 0 amide bonds. The van der Waals surface area contributed by atoms with Crippen molar-refractivity contribution in [3.63, 3.8) is 0 Å². The molecule has 2 aliphatic rings. The Morgan fingerprint density at radius 3 is 2.44 bits per heavy atom. The monoisotopic (exact) mass is 282 g/mol. The first kappa shape index (κ1) is 12.5. The fraction of sp³-hybridized carbons (Fsp3) is 0.750. The van der Waals surface area contributed by atoms with Crippen molar-refractivity contribution in [2.24, 2.45) is 0 Å². The average molecular weight is 282 g/mol. The molecule has 3 unspecified atom stereocenters. The van der Waals surface area contributed by atoms with Crippen LogP contribution in [0.3, 0.4) is 0 Å². The van der Waals surface area contributed by atoms with Crippen LogP contribution in [0.1, 0.15) is 49.5 Å². The molecule has 1 saturated carbocycles. The first-order valence-electron chi connectivity index (χ1n) is 6.42. The summed E-state index contributed by atoms with van der Waals surface area (Å²) >= 11 is 3.97. The molecule has 0 bridgehead atoms. The van der Waals surface area contributed by atoms with E-state index >= 15 is 0 Å². The Hall–Kier alpha value is -0.490. The number of hydrogen-bond acceptors (Lipinski definition) is 6. The number of rotatable bonds is 2. The SMILES string of the molecule is CC1SCC(c2nc(N)nc(C3CC3)n2)SC1C.